The van der Waals surface area contributed by atoms with Crippen LogP contribution in [-0.4, -0.2) is 26.7 Å². The van der Waals surface area contributed by atoms with Gasteiger partial charge in [0.15, 0.2) is 5.65 Å². The molecule has 0 amide bonds. The van der Waals surface area contributed by atoms with Gasteiger partial charge in [0.05, 0.1) is 0 Å². The number of hydrogen-bond acceptors (Lipinski definition) is 4. The number of nitrogens with zero attached hydrogens (tertiary/aromatic N) is 3. The van der Waals surface area contributed by atoms with Crippen LogP contribution < -0.4 is 11.1 Å². The molecule has 1 fully saturated rings. The first-order valence-electron chi connectivity index (χ1n) is 5.99. The van der Waals surface area contributed by atoms with E-state index in [1.165, 1.54) is 12.0 Å². The topological polar surface area (TPSA) is 68.2 Å². The van der Waals surface area contributed by atoms with Gasteiger partial charge in [-0.1, -0.05) is 0 Å². The van der Waals surface area contributed by atoms with Crippen LogP contribution in [0, 0.1) is 6.92 Å². The molecule has 2 heterocycles. The minimum absolute atomic E-state index is 0.0311. The molecule has 5 heteroatoms. The van der Waals surface area contributed by atoms with E-state index in [0.29, 0.717) is 0 Å². The molecule has 1 saturated carbocycles. The van der Waals surface area contributed by atoms with Gasteiger partial charge in [0.1, 0.15) is 12.1 Å². The molecule has 0 radical (unpaired) electrons. The molecule has 0 atom stereocenters. The fourth-order valence-corrected chi connectivity index (χ4v) is 2.26. The molecule has 1 aliphatic carbocycles. The van der Waals surface area contributed by atoms with Crippen LogP contribution in [0.1, 0.15) is 24.8 Å². The molecule has 0 saturated heterocycles. The van der Waals surface area contributed by atoms with Crippen molar-refractivity contribution in [1.82, 2.24) is 14.6 Å². The molecule has 2 aromatic heterocycles. The minimum atomic E-state index is -0.0311. The molecule has 3 rings (SSSR count). The Hall–Kier alpha value is -1.62. The maximum absolute atomic E-state index is 6.20. The number of aromatic nitrogens is 3. The van der Waals surface area contributed by atoms with E-state index in [-0.39, 0.29) is 5.54 Å². The summed E-state index contributed by atoms with van der Waals surface area (Å²) in [7, 11) is 0. The van der Waals surface area contributed by atoms with Gasteiger partial charge >= 0.3 is 0 Å². The molecule has 0 spiro atoms. The average molecular weight is 231 g/mol. The highest BCUT2D eigenvalue weighted by Gasteiger charge is 2.32. The van der Waals surface area contributed by atoms with Crippen LogP contribution in [0.2, 0.25) is 0 Å². The summed E-state index contributed by atoms with van der Waals surface area (Å²) >= 11 is 0. The lowest BCUT2D eigenvalue weighted by Crippen LogP contribution is -2.52. The van der Waals surface area contributed by atoms with E-state index in [2.05, 4.69) is 28.4 Å². The zero-order chi connectivity index (χ0) is 11.9. The number of anilines is 1. The third kappa shape index (κ3) is 1.86. The minimum Gasteiger partial charge on any atom is -0.368 e. The number of hydrogen-bond donors (Lipinski definition) is 2. The van der Waals surface area contributed by atoms with E-state index in [1.807, 2.05) is 10.6 Å². The Balaban J connectivity index is 1.86. The van der Waals surface area contributed by atoms with Crippen molar-refractivity contribution in [1.29, 1.82) is 0 Å². The second-order valence-electron chi connectivity index (χ2n) is 5.02. The quantitative estimate of drug-likeness (QED) is 0.836. The second kappa shape index (κ2) is 3.70. The van der Waals surface area contributed by atoms with E-state index >= 15 is 0 Å². The Morgan fingerprint density at radius 1 is 1.47 bits per heavy atom. The molecule has 0 bridgehead atoms. The lowest BCUT2D eigenvalue weighted by molar-refractivity contribution is 0.265. The highest BCUT2D eigenvalue weighted by Crippen LogP contribution is 2.29. The van der Waals surface area contributed by atoms with Crippen LogP contribution in [0.15, 0.2) is 18.5 Å². The maximum Gasteiger partial charge on any atom is 0.157 e. The number of nitrogens with two attached hydrogens (primary N) is 1. The zero-order valence-electron chi connectivity index (χ0n) is 9.98. The third-order valence-corrected chi connectivity index (χ3v) is 3.49. The van der Waals surface area contributed by atoms with E-state index in [0.717, 1.165) is 30.9 Å². The summed E-state index contributed by atoms with van der Waals surface area (Å²) in [6, 6.07) is 4.09. The first kappa shape index (κ1) is 10.5. The molecule has 2 aromatic rings. The molecule has 90 valence electrons. The Morgan fingerprint density at radius 2 is 2.29 bits per heavy atom. The largest absolute Gasteiger partial charge is 0.368 e. The average Bonchev–Trinajstić information content (AvgIpc) is 2.71. The monoisotopic (exact) mass is 231 g/mol. The van der Waals surface area contributed by atoms with Gasteiger partial charge in [0, 0.05) is 12.1 Å². The summed E-state index contributed by atoms with van der Waals surface area (Å²) in [6.07, 6.45) is 5.02. The first-order chi connectivity index (χ1) is 8.16. The number of aryl methyl sites for hydroxylation is 1. The van der Waals surface area contributed by atoms with Gasteiger partial charge in [-0.3, -0.25) is 0 Å². The van der Waals surface area contributed by atoms with Gasteiger partial charge in [-0.05, 0) is 43.9 Å². The highest BCUT2D eigenvalue weighted by molar-refractivity contribution is 5.51. The third-order valence-electron chi connectivity index (χ3n) is 3.49. The van der Waals surface area contributed by atoms with Crippen LogP contribution in [0.5, 0.6) is 0 Å². The summed E-state index contributed by atoms with van der Waals surface area (Å²) in [5.74, 6) is 0.967. The molecule has 1 aliphatic rings. The highest BCUT2D eigenvalue weighted by atomic mass is 15.3. The SMILES string of the molecule is Cc1cc(NCC2(N)CCC2)n2ncnc2c1. The summed E-state index contributed by atoms with van der Waals surface area (Å²) in [4.78, 5) is 4.20. The van der Waals surface area contributed by atoms with Gasteiger partial charge in [0.25, 0.3) is 0 Å². The van der Waals surface area contributed by atoms with Crippen LogP contribution >= 0.6 is 0 Å². The normalized spacial score (nSPS) is 18.0. The van der Waals surface area contributed by atoms with Crippen molar-refractivity contribution < 1.29 is 0 Å². The van der Waals surface area contributed by atoms with Crippen LogP contribution in [-0.2, 0) is 0 Å². The van der Waals surface area contributed by atoms with Crippen molar-refractivity contribution in [3.8, 4) is 0 Å². The number of rotatable bonds is 3. The standard InChI is InChI=1S/C12H17N5/c1-9-5-10(14-7-12(13)3-2-4-12)17-11(6-9)15-8-16-17/h5-6,8,14H,2-4,7,13H2,1H3. The molecule has 0 unspecified atom stereocenters. The van der Waals surface area contributed by atoms with Gasteiger partial charge < -0.3 is 11.1 Å². The van der Waals surface area contributed by atoms with Crippen LogP contribution in [0.3, 0.4) is 0 Å². The van der Waals surface area contributed by atoms with Crippen molar-refractivity contribution in [2.75, 3.05) is 11.9 Å². The van der Waals surface area contributed by atoms with E-state index in [4.69, 9.17) is 5.73 Å². The predicted molar refractivity (Wildman–Crippen MR) is 67.0 cm³/mol. The molecule has 0 aromatic carbocycles. The van der Waals surface area contributed by atoms with Crippen molar-refractivity contribution in [3.63, 3.8) is 0 Å². The van der Waals surface area contributed by atoms with Crippen molar-refractivity contribution in [3.05, 3.63) is 24.0 Å². The maximum atomic E-state index is 6.20. The van der Waals surface area contributed by atoms with Gasteiger partial charge in [-0.2, -0.15) is 9.61 Å². The van der Waals surface area contributed by atoms with Gasteiger partial charge in [0.2, 0.25) is 0 Å². The van der Waals surface area contributed by atoms with E-state index in [9.17, 15) is 0 Å². The fourth-order valence-electron chi connectivity index (χ4n) is 2.26. The number of nitrogens with one attached hydrogen (secondary N) is 1. The molecular formula is C12H17N5. The summed E-state index contributed by atoms with van der Waals surface area (Å²) in [6.45, 7) is 2.85. The van der Waals surface area contributed by atoms with Crippen molar-refractivity contribution >= 4 is 11.5 Å². The van der Waals surface area contributed by atoms with Gasteiger partial charge in [-0.25, -0.2) is 4.98 Å². The van der Waals surface area contributed by atoms with Crippen molar-refractivity contribution in [2.45, 2.75) is 31.7 Å². The van der Waals surface area contributed by atoms with Crippen LogP contribution in [0.25, 0.3) is 5.65 Å². The molecule has 3 N–H and O–H groups in total. The van der Waals surface area contributed by atoms with E-state index in [1.54, 1.807) is 6.33 Å². The molecule has 0 aliphatic heterocycles. The lowest BCUT2D eigenvalue weighted by Gasteiger charge is -2.38. The van der Waals surface area contributed by atoms with Crippen molar-refractivity contribution in [2.24, 2.45) is 5.73 Å². The van der Waals surface area contributed by atoms with Gasteiger partial charge in [-0.15, -0.1) is 0 Å². The fraction of sp³-hybridized carbons (Fsp3) is 0.500. The summed E-state index contributed by atoms with van der Waals surface area (Å²) < 4.78 is 1.81. The first-order valence-corrected chi connectivity index (χ1v) is 5.99. The molecule has 5 nitrogen and oxygen atoms in total. The summed E-state index contributed by atoms with van der Waals surface area (Å²) in [5.41, 5.74) is 8.21. The second-order valence-corrected chi connectivity index (χ2v) is 5.02. The predicted octanol–water partition coefficient (Wildman–Crippen LogP) is 1.33. The number of fused-ring (bicyclic) bond motifs is 1. The Bertz CT molecular complexity index is 541. The zero-order valence-corrected chi connectivity index (χ0v) is 9.98. The van der Waals surface area contributed by atoms with Crippen LogP contribution in [0.4, 0.5) is 5.82 Å². The molecular weight excluding hydrogens is 214 g/mol. The summed E-state index contributed by atoms with van der Waals surface area (Å²) in [5, 5.41) is 7.60. The molecule has 17 heavy (non-hydrogen) atoms. The number of pyridine rings is 1. The Kier molecular flexibility index (Phi) is 2.29. The Labute approximate surface area is 100 Å². The Morgan fingerprint density at radius 3 is 3.00 bits per heavy atom. The lowest BCUT2D eigenvalue weighted by atomic mass is 9.78. The smallest absolute Gasteiger partial charge is 0.157 e. The van der Waals surface area contributed by atoms with E-state index < -0.39 is 0 Å².